The summed E-state index contributed by atoms with van der Waals surface area (Å²) in [7, 11) is -3.30. The standard InChI is InChI=1S/C15H31N3O2S/c1-14-8-6-7-13-18(14)21(19,20)17-12-11-16-15-9-4-2-3-5-10-15/h14-17H,2-13H2,1H3. The van der Waals surface area contributed by atoms with Gasteiger partial charge in [0, 0.05) is 31.7 Å². The van der Waals surface area contributed by atoms with Crippen LogP contribution in [0.3, 0.4) is 0 Å². The Morgan fingerprint density at radius 1 is 0.952 bits per heavy atom. The van der Waals surface area contributed by atoms with Gasteiger partial charge < -0.3 is 5.32 Å². The summed E-state index contributed by atoms with van der Waals surface area (Å²) in [4.78, 5) is 0. The average molecular weight is 317 g/mol. The van der Waals surface area contributed by atoms with E-state index in [4.69, 9.17) is 0 Å². The number of piperidine rings is 1. The van der Waals surface area contributed by atoms with E-state index < -0.39 is 10.2 Å². The van der Waals surface area contributed by atoms with Crippen molar-refractivity contribution in [3.63, 3.8) is 0 Å². The van der Waals surface area contributed by atoms with E-state index in [-0.39, 0.29) is 6.04 Å². The molecule has 2 N–H and O–H groups in total. The largest absolute Gasteiger partial charge is 0.313 e. The molecule has 2 aliphatic rings. The van der Waals surface area contributed by atoms with E-state index in [0.717, 1.165) is 25.8 Å². The Kier molecular flexibility index (Phi) is 6.92. The molecule has 0 radical (unpaired) electrons. The van der Waals surface area contributed by atoms with E-state index in [1.165, 1.54) is 38.5 Å². The molecule has 0 aromatic rings. The number of hydrogen-bond donors (Lipinski definition) is 2. The maximum atomic E-state index is 12.3. The summed E-state index contributed by atoms with van der Waals surface area (Å²) in [6.45, 7) is 3.88. The third kappa shape index (κ3) is 5.51. The first-order valence-electron chi connectivity index (χ1n) is 8.59. The molecule has 0 spiro atoms. The van der Waals surface area contributed by atoms with Crippen molar-refractivity contribution in [1.29, 1.82) is 0 Å². The second kappa shape index (κ2) is 8.46. The lowest BCUT2D eigenvalue weighted by molar-refractivity contribution is 0.265. The molecule has 1 aliphatic heterocycles. The maximum absolute atomic E-state index is 12.3. The van der Waals surface area contributed by atoms with E-state index >= 15 is 0 Å². The molecule has 2 fully saturated rings. The highest BCUT2D eigenvalue weighted by atomic mass is 32.2. The molecule has 0 amide bonds. The highest BCUT2D eigenvalue weighted by Gasteiger charge is 2.28. The molecule has 21 heavy (non-hydrogen) atoms. The molecule has 0 aromatic carbocycles. The summed E-state index contributed by atoms with van der Waals surface area (Å²) in [5, 5.41) is 3.50. The van der Waals surface area contributed by atoms with Crippen LogP contribution in [0, 0.1) is 0 Å². The third-order valence-electron chi connectivity index (χ3n) is 4.75. The average Bonchev–Trinajstić information content (AvgIpc) is 2.72. The Bertz CT molecular complexity index is 392. The van der Waals surface area contributed by atoms with Gasteiger partial charge in [-0.3, -0.25) is 0 Å². The zero-order valence-corrected chi connectivity index (χ0v) is 14.1. The molecular weight excluding hydrogens is 286 g/mol. The van der Waals surface area contributed by atoms with E-state index in [2.05, 4.69) is 10.0 Å². The van der Waals surface area contributed by atoms with Gasteiger partial charge >= 0.3 is 0 Å². The second-order valence-electron chi connectivity index (χ2n) is 6.50. The SMILES string of the molecule is CC1CCCCN1S(=O)(=O)NCCNC1CCCCCC1. The lowest BCUT2D eigenvalue weighted by atomic mass is 10.1. The van der Waals surface area contributed by atoms with Crippen LogP contribution in [0.15, 0.2) is 0 Å². The number of nitrogens with zero attached hydrogens (tertiary/aromatic N) is 1. The zero-order valence-electron chi connectivity index (χ0n) is 13.3. The molecular formula is C15H31N3O2S. The lowest BCUT2D eigenvalue weighted by Crippen LogP contribution is -2.49. The first-order chi connectivity index (χ1) is 10.1. The van der Waals surface area contributed by atoms with E-state index in [0.29, 0.717) is 19.1 Å². The summed E-state index contributed by atoms with van der Waals surface area (Å²) >= 11 is 0. The molecule has 0 aromatic heterocycles. The molecule has 0 bridgehead atoms. The van der Waals surface area contributed by atoms with E-state index in [1.807, 2.05) is 6.92 Å². The molecule has 1 unspecified atom stereocenters. The predicted molar refractivity (Wildman–Crippen MR) is 86.4 cm³/mol. The van der Waals surface area contributed by atoms with Crippen molar-refractivity contribution in [3.05, 3.63) is 0 Å². The lowest BCUT2D eigenvalue weighted by Gasteiger charge is -2.32. The quantitative estimate of drug-likeness (QED) is 0.582. The van der Waals surface area contributed by atoms with Crippen LogP contribution in [0.25, 0.3) is 0 Å². The van der Waals surface area contributed by atoms with Gasteiger partial charge in [0.2, 0.25) is 0 Å². The minimum atomic E-state index is -3.30. The van der Waals surface area contributed by atoms with Crippen LogP contribution >= 0.6 is 0 Å². The van der Waals surface area contributed by atoms with Gasteiger partial charge in [-0.15, -0.1) is 0 Å². The van der Waals surface area contributed by atoms with Gasteiger partial charge in [-0.2, -0.15) is 12.7 Å². The van der Waals surface area contributed by atoms with Gasteiger partial charge in [-0.1, -0.05) is 32.1 Å². The Morgan fingerprint density at radius 3 is 2.29 bits per heavy atom. The minimum absolute atomic E-state index is 0.131. The number of nitrogens with one attached hydrogen (secondary N) is 2. The molecule has 2 rings (SSSR count). The van der Waals surface area contributed by atoms with Crippen molar-refractivity contribution in [1.82, 2.24) is 14.3 Å². The molecule has 1 saturated carbocycles. The van der Waals surface area contributed by atoms with E-state index in [1.54, 1.807) is 4.31 Å². The molecule has 1 saturated heterocycles. The van der Waals surface area contributed by atoms with Crippen LogP contribution in [-0.2, 0) is 10.2 Å². The molecule has 1 aliphatic carbocycles. The van der Waals surface area contributed by atoms with Crippen molar-refractivity contribution >= 4 is 10.2 Å². The minimum Gasteiger partial charge on any atom is -0.313 e. The Labute approximate surface area is 130 Å². The highest BCUT2D eigenvalue weighted by molar-refractivity contribution is 7.87. The first-order valence-corrected chi connectivity index (χ1v) is 10.0. The fraction of sp³-hybridized carbons (Fsp3) is 1.00. The summed E-state index contributed by atoms with van der Waals surface area (Å²) < 4.78 is 29.0. The molecule has 6 heteroatoms. The summed E-state index contributed by atoms with van der Waals surface area (Å²) in [5.74, 6) is 0. The fourth-order valence-corrected chi connectivity index (χ4v) is 4.93. The molecule has 124 valence electrons. The first kappa shape index (κ1) is 17.2. The maximum Gasteiger partial charge on any atom is 0.279 e. The van der Waals surface area contributed by atoms with Crippen LogP contribution < -0.4 is 10.0 Å². The predicted octanol–water partition coefficient (Wildman–Crippen LogP) is 2.01. The molecule has 1 heterocycles. The van der Waals surface area contributed by atoms with Gasteiger partial charge in [-0.25, -0.2) is 4.72 Å². The fourth-order valence-electron chi connectivity index (χ4n) is 3.45. The van der Waals surface area contributed by atoms with Crippen LogP contribution in [0.1, 0.15) is 64.7 Å². The zero-order chi connectivity index (χ0) is 15.1. The molecule has 1 atom stereocenters. The van der Waals surface area contributed by atoms with Crippen LogP contribution in [0.4, 0.5) is 0 Å². The Balaban J connectivity index is 1.69. The topological polar surface area (TPSA) is 61.4 Å². The van der Waals surface area contributed by atoms with Gasteiger partial charge in [0.05, 0.1) is 0 Å². The van der Waals surface area contributed by atoms with Crippen LogP contribution in [0.2, 0.25) is 0 Å². The van der Waals surface area contributed by atoms with Crippen molar-refractivity contribution < 1.29 is 8.42 Å². The Hall–Kier alpha value is -0.170. The van der Waals surface area contributed by atoms with E-state index in [9.17, 15) is 8.42 Å². The number of hydrogen-bond acceptors (Lipinski definition) is 3. The van der Waals surface area contributed by atoms with Crippen molar-refractivity contribution in [2.75, 3.05) is 19.6 Å². The van der Waals surface area contributed by atoms with Crippen molar-refractivity contribution in [2.45, 2.75) is 76.8 Å². The summed E-state index contributed by atoms with van der Waals surface area (Å²) in [6.07, 6.45) is 10.8. The van der Waals surface area contributed by atoms with Gasteiger partial charge in [-0.05, 0) is 32.6 Å². The van der Waals surface area contributed by atoms with Gasteiger partial charge in [0.25, 0.3) is 10.2 Å². The second-order valence-corrected chi connectivity index (χ2v) is 8.21. The summed E-state index contributed by atoms with van der Waals surface area (Å²) in [6, 6.07) is 0.706. The van der Waals surface area contributed by atoms with Crippen LogP contribution in [-0.4, -0.2) is 44.4 Å². The van der Waals surface area contributed by atoms with Gasteiger partial charge in [0.1, 0.15) is 0 Å². The summed E-state index contributed by atoms with van der Waals surface area (Å²) in [5.41, 5.74) is 0. The third-order valence-corrected chi connectivity index (χ3v) is 6.48. The smallest absolute Gasteiger partial charge is 0.279 e. The number of rotatable bonds is 6. The highest BCUT2D eigenvalue weighted by Crippen LogP contribution is 2.19. The van der Waals surface area contributed by atoms with Crippen molar-refractivity contribution in [3.8, 4) is 0 Å². The normalized spacial score (nSPS) is 26.6. The van der Waals surface area contributed by atoms with Crippen LogP contribution in [0.5, 0.6) is 0 Å². The molecule has 5 nitrogen and oxygen atoms in total. The Morgan fingerprint density at radius 2 is 1.62 bits per heavy atom. The monoisotopic (exact) mass is 317 g/mol. The van der Waals surface area contributed by atoms with Crippen molar-refractivity contribution in [2.24, 2.45) is 0 Å². The van der Waals surface area contributed by atoms with Gasteiger partial charge in [0.15, 0.2) is 0 Å².